The SMILES string of the molecule is CC(CN)c1cn(C)c2cc(Br)ccc12. The van der Waals surface area contributed by atoms with Crippen molar-refractivity contribution in [3.05, 3.63) is 34.4 Å². The number of nitrogens with zero attached hydrogens (tertiary/aromatic N) is 1. The van der Waals surface area contributed by atoms with E-state index in [9.17, 15) is 0 Å². The first-order valence-corrected chi connectivity index (χ1v) is 5.87. The minimum atomic E-state index is 0.412. The summed E-state index contributed by atoms with van der Waals surface area (Å²) < 4.78 is 3.27. The highest BCUT2D eigenvalue weighted by Crippen LogP contribution is 2.28. The molecule has 0 aliphatic heterocycles. The van der Waals surface area contributed by atoms with E-state index in [1.807, 2.05) is 0 Å². The van der Waals surface area contributed by atoms with Crippen LogP contribution in [-0.2, 0) is 7.05 Å². The third-order valence-electron chi connectivity index (χ3n) is 2.87. The van der Waals surface area contributed by atoms with Gasteiger partial charge in [-0.2, -0.15) is 0 Å². The van der Waals surface area contributed by atoms with Crippen LogP contribution in [0.25, 0.3) is 10.9 Å². The Morgan fingerprint density at radius 3 is 2.87 bits per heavy atom. The number of halogens is 1. The van der Waals surface area contributed by atoms with Gasteiger partial charge in [0.15, 0.2) is 0 Å². The van der Waals surface area contributed by atoms with Crippen LogP contribution in [0.15, 0.2) is 28.9 Å². The molecule has 0 radical (unpaired) electrons. The lowest BCUT2D eigenvalue weighted by molar-refractivity contribution is 0.774. The molecule has 0 amide bonds. The molecule has 0 bridgehead atoms. The monoisotopic (exact) mass is 266 g/mol. The first kappa shape index (κ1) is 10.7. The standard InChI is InChI=1S/C12H15BrN2/c1-8(6-14)11-7-15(2)12-5-9(13)3-4-10(11)12/h3-5,7-8H,6,14H2,1-2H3. The summed E-state index contributed by atoms with van der Waals surface area (Å²) in [5, 5.41) is 1.30. The minimum absolute atomic E-state index is 0.412. The molecule has 80 valence electrons. The Bertz CT molecular complexity index is 488. The highest BCUT2D eigenvalue weighted by Gasteiger charge is 2.11. The predicted octanol–water partition coefficient (Wildman–Crippen LogP) is 3.00. The molecule has 2 nitrogen and oxygen atoms in total. The maximum absolute atomic E-state index is 5.72. The van der Waals surface area contributed by atoms with Crippen molar-refractivity contribution in [2.75, 3.05) is 6.54 Å². The summed E-state index contributed by atoms with van der Waals surface area (Å²) >= 11 is 3.49. The van der Waals surface area contributed by atoms with Crippen LogP contribution in [0.3, 0.4) is 0 Å². The number of hydrogen-bond acceptors (Lipinski definition) is 1. The number of rotatable bonds is 2. The maximum Gasteiger partial charge on any atom is 0.0491 e. The van der Waals surface area contributed by atoms with Gasteiger partial charge in [-0.3, -0.25) is 0 Å². The molecule has 0 saturated heterocycles. The Hall–Kier alpha value is -0.800. The van der Waals surface area contributed by atoms with Crippen molar-refractivity contribution >= 4 is 26.8 Å². The zero-order valence-electron chi connectivity index (χ0n) is 9.00. The Labute approximate surface area is 98.2 Å². The van der Waals surface area contributed by atoms with Gasteiger partial charge in [0.05, 0.1) is 0 Å². The van der Waals surface area contributed by atoms with Crippen molar-refractivity contribution < 1.29 is 0 Å². The zero-order chi connectivity index (χ0) is 11.0. The van der Waals surface area contributed by atoms with Gasteiger partial charge in [0.25, 0.3) is 0 Å². The number of nitrogens with two attached hydrogens (primary N) is 1. The lowest BCUT2D eigenvalue weighted by Crippen LogP contribution is -2.08. The molecule has 1 atom stereocenters. The van der Waals surface area contributed by atoms with Crippen LogP contribution in [-0.4, -0.2) is 11.1 Å². The van der Waals surface area contributed by atoms with Crippen molar-refractivity contribution in [2.24, 2.45) is 12.8 Å². The fraction of sp³-hybridized carbons (Fsp3) is 0.333. The summed E-state index contributed by atoms with van der Waals surface area (Å²) in [4.78, 5) is 0. The zero-order valence-corrected chi connectivity index (χ0v) is 10.6. The van der Waals surface area contributed by atoms with E-state index in [-0.39, 0.29) is 0 Å². The molecule has 15 heavy (non-hydrogen) atoms. The summed E-state index contributed by atoms with van der Waals surface area (Å²) in [6.07, 6.45) is 2.18. The minimum Gasteiger partial charge on any atom is -0.350 e. The number of fused-ring (bicyclic) bond motifs is 1. The van der Waals surface area contributed by atoms with Gasteiger partial charge in [-0.1, -0.05) is 28.9 Å². The summed E-state index contributed by atoms with van der Waals surface area (Å²) in [6, 6.07) is 6.37. The fourth-order valence-corrected chi connectivity index (χ4v) is 2.26. The van der Waals surface area contributed by atoms with E-state index in [1.54, 1.807) is 0 Å². The molecule has 2 rings (SSSR count). The van der Waals surface area contributed by atoms with E-state index >= 15 is 0 Å². The highest BCUT2D eigenvalue weighted by molar-refractivity contribution is 9.10. The number of benzene rings is 1. The molecule has 2 aromatic rings. The van der Waals surface area contributed by atoms with Gasteiger partial charge in [-0.15, -0.1) is 0 Å². The maximum atomic E-state index is 5.72. The van der Waals surface area contributed by atoms with E-state index < -0.39 is 0 Å². The highest BCUT2D eigenvalue weighted by atomic mass is 79.9. The van der Waals surface area contributed by atoms with Crippen LogP contribution in [0.4, 0.5) is 0 Å². The Morgan fingerprint density at radius 1 is 1.47 bits per heavy atom. The van der Waals surface area contributed by atoms with Gasteiger partial charge in [-0.25, -0.2) is 0 Å². The van der Waals surface area contributed by atoms with Gasteiger partial charge in [0, 0.05) is 28.6 Å². The summed E-state index contributed by atoms with van der Waals surface area (Å²) in [5.41, 5.74) is 8.30. The molecule has 2 N–H and O–H groups in total. The molecule has 1 heterocycles. The van der Waals surface area contributed by atoms with Crippen LogP contribution in [0.5, 0.6) is 0 Å². The fourth-order valence-electron chi connectivity index (χ4n) is 1.91. The van der Waals surface area contributed by atoms with Crippen molar-refractivity contribution in [3.63, 3.8) is 0 Å². The van der Waals surface area contributed by atoms with Gasteiger partial charge in [0.2, 0.25) is 0 Å². The quantitative estimate of drug-likeness (QED) is 0.890. The van der Waals surface area contributed by atoms with Crippen molar-refractivity contribution in [1.29, 1.82) is 0 Å². The molecule has 0 spiro atoms. The number of aromatic nitrogens is 1. The van der Waals surface area contributed by atoms with Gasteiger partial charge >= 0.3 is 0 Å². The summed E-state index contributed by atoms with van der Waals surface area (Å²) in [7, 11) is 2.07. The smallest absolute Gasteiger partial charge is 0.0491 e. The van der Waals surface area contributed by atoms with Crippen LogP contribution in [0.1, 0.15) is 18.4 Å². The first-order valence-electron chi connectivity index (χ1n) is 5.08. The van der Waals surface area contributed by atoms with Gasteiger partial charge in [0.1, 0.15) is 0 Å². The van der Waals surface area contributed by atoms with Gasteiger partial charge < -0.3 is 10.3 Å². The van der Waals surface area contributed by atoms with Crippen molar-refractivity contribution in [3.8, 4) is 0 Å². The van der Waals surface area contributed by atoms with Crippen LogP contribution >= 0.6 is 15.9 Å². The molecule has 0 saturated carbocycles. The van der Waals surface area contributed by atoms with E-state index in [4.69, 9.17) is 5.73 Å². The van der Waals surface area contributed by atoms with Crippen LogP contribution in [0, 0.1) is 0 Å². The Morgan fingerprint density at radius 2 is 2.20 bits per heavy atom. The lowest BCUT2D eigenvalue weighted by atomic mass is 10.0. The second kappa shape index (κ2) is 3.99. The van der Waals surface area contributed by atoms with E-state index in [2.05, 4.69) is 58.9 Å². The third-order valence-corrected chi connectivity index (χ3v) is 3.36. The molecule has 1 aromatic carbocycles. The van der Waals surface area contributed by atoms with E-state index in [0.717, 1.165) is 4.47 Å². The summed E-state index contributed by atoms with van der Waals surface area (Å²) in [6.45, 7) is 2.85. The molecule has 3 heteroatoms. The number of hydrogen-bond donors (Lipinski definition) is 1. The Kier molecular flexibility index (Phi) is 2.85. The Balaban J connectivity index is 2.68. The molecular weight excluding hydrogens is 252 g/mol. The number of aryl methyl sites for hydroxylation is 1. The van der Waals surface area contributed by atoms with Gasteiger partial charge in [-0.05, 0) is 30.2 Å². The molecule has 1 unspecified atom stereocenters. The average Bonchev–Trinajstić information content (AvgIpc) is 2.55. The molecule has 0 fully saturated rings. The second-order valence-electron chi connectivity index (χ2n) is 3.99. The van der Waals surface area contributed by atoms with Crippen molar-refractivity contribution in [1.82, 2.24) is 4.57 Å². The second-order valence-corrected chi connectivity index (χ2v) is 4.91. The summed E-state index contributed by atoms with van der Waals surface area (Å²) in [5.74, 6) is 0.412. The normalized spacial score (nSPS) is 13.3. The molecule has 0 aliphatic rings. The molecule has 0 aliphatic carbocycles. The van der Waals surface area contributed by atoms with Crippen molar-refractivity contribution in [2.45, 2.75) is 12.8 Å². The third kappa shape index (κ3) is 1.82. The van der Waals surface area contributed by atoms with Crippen LogP contribution in [0.2, 0.25) is 0 Å². The topological polar surface area (TPSA) is 30.9 Å². The molecular formula is C12H15BrN2. The lowest BCUT2D eigenvalue weighted by Gasteiger charge is -2.06. The van der Waals surface area contributed by atoms with E-state index in [1.165, 1.54) is 16.5 Å². The molecule has 1 aromatic heterocycles. The average molecular weight is 267 g/mol. The largest absolute Gasteiger partial charge is 0.350 e. The van der Waals surface area contributed by atoms with Crippen LogP contribution < -0.4 is 5.73 Å². The van der Waals surface area contributed by atoms with E-state index in [0.29, 0.717) is 12.5 Å². The predicted molar refractivity (Wildman–Crippen MR) is 68.1 cm³/mol. The first-order chi connectivity index (χ1) is 7.13.